The summed E-state index contributed by atoms with van der Waals surface area (Å²) in [5.74, 6) is 0.923. The summed E-state index contributed by atoms with van der Waals surface area (Å²) in [7, 11) is 0. The first-order valence-corrected chi connectivity index (χ1v) is 7.51. The highest BCUT2D eigenvalue weighted by Gasteiger charge is 2.33. The van der Waals surface area contributed by atoms with E-state index in [-0.39, 0.29) is 6.04 Å². The van der Waals surface area contributed by atoms with Gasteiger partial charge in [-0.15, -0.1) is 0 Å². The highest BCUT2D eigenvalue weighted by atomic mass is 16.2. The van der Waals surface area contributed by atoms with Crippen LogP contribution in [0.1, 0.15) is 38.5 Å². The smallest absolute Gasteiger partial charge is 0.224 e. The van der Waals surface area contributed by atoms with Gasteiger partial charge in [0.1, 0.15) is 0 Å². The number of amides is 1. The third kappa shape index (κ3) is 2.69. The molecule has 4 nitrogen and oxygen atoms in total. The molecule has 2 heterocycles. The van der Waals surface area contributed by atoms with Gasteiger partial charge in [-0.25, -0.2) is 0 Å². The van der Waals surface area contributed by atoms with Crippen molar-refractivity contribution in [1.29, 1.82) is 0 Å². The fourth-order valence-electron chi connectivity index (χ4n) is 3.45. The van der Waals surface area contributed by atoms with Gasteiger partial charge in [-0.1, -0.05) is 0 Å². The first kappa shape index (κ1) is 12.4. The molecule has 2 saturated heterocycles. The zero-order valence-corrected chi connectivity index (χ0v) is 11.2. The van der Waals surface area contributed by atoms with E-state index >= 15 is 0 Å². The maximum atomic E-state index is 12.3. The molecule has 2 atom stereocenters. The van der Waals surface area contributed by atoms with Crippen molar-refractivity contribution in [1.82, 2.24) is 9.80 Å². The fourth-order valence-corrected chi connectivity index (χ4v) is 3.45. The Kier molecular flexibility index (Phi) is 3.57. The average Bonchev–Trinajstić information content (AvgIpc) is 3.14. The number of carbonyl (C=O) groups is 1. The summed E-state index contributed by atoms with van der Waals surface area (Å²) in [6.07, 6.45) is 6.71. The molecule has 0 aromatic rings. The van der Waals surface area contributed by atoms with Crippen LogP contribution in [0.15, 0.2) is 0 Å². The van der Waals surface area contributed by atoms with Crippen LogP contribution < -0.4 is 5.73 Å². The minimum atomic E-state index is 0.112. The van der Waals surface area contributed by atoms with Crippen molar-refractivity contribution in [2.45, 2.75) is 50.6 Å². The van der Waals surface area contributed by atoms with E-state index in [4.69, 9.17) is 5.73 Å². The zero-order valence-electron chi connectivity index (χ0n) is 11.2. The van der Waals surface area contributed by atoms with Crippen molar-refractivity contribution >= 4 is 5.91 Å². The van der Waals surface area contributed by atoms with Gasteiger partial charge in [-0.2, -0.15) is 0 Å². The van der Waals surface area contributed by atoms with Crippen LogP contribution in [0.2, 0.25) is 0 Å². The standard InChI is InChI=1S/C14H25N3O/c15-13(11-4-5-11)9-14(18)17-8-2-7-16-6-1-3-12(16)10-17/h11-13H,1-10,15H2. The lowest BCUT2D eigenvalue weighted by Crippen LogP contribution is -2.42. The van der Waals surface area contributed by atoms with Crippen LogP contribution in [0.5, 0.6) is 0 Å². The fraction of sp³-hybridized carbons (Fsp3) is 0.929. The molecule has 18 heavy (non-hydrogen) atoms. The minimum Gasteiger partial charge on any atom is -0.341 e. The van der Waals surface area contributed by atoms with Gasteiger partial charge < -0.3 is 10.6 Å². The Morgan fingerprint density at radius 1 is 1.17 bits per heavy atom. The van der Waals surface area contributed by atoms with Gasteiger partial charge >= 0.3 is 0 Å². The first-order chi connectivity index (χ1) is 8.74. The molecule has 0 radical (unpaired) electrons. The molecule has 1 saturated carbocycles. The number of nitrogens with zero attached hydrogens (tertiary/aromatic N) is 2. The van der Waals surface area contributed by atoms with Gasteiger partial charge in [-0.3, -0.25) is 9.69 Å². The van der Waals surface area contributed by atoms with E-state index in [9.17, 15) is 4.79 Å². The number of rotatable bonds is 3. The second kappa shape index (κ2) is 5.17. The van der Waals surface area contributed by atoms with E-state index in [0.29, 0.717) is 24.3 Å². The summed E-state index contributed by atoms with van der Waals surface area (Å²) < 4.78 is 0. The summed E-state index contributed by atoms with van der Waals surface area (Å²) >= 11 is 0. The van der Waals surface area contributed by atoms with Crippen LogP contribution in [0.25, 0.3) is 0 Å². The Bertz CT molecular complexity index is 316. The Morgan fingerprint density at radius 2 is 1.94 bits per heavy atom. The molecule has 3 aliphatic rings. The number of carbonyl (C=O) groups excluding carboxylic acids is 1. The lowest BCUT2D eigenvalue weighted by Gasteiger charge is -2.26. The predicted octanol–water partition coefficient (Wildman–Crippen LogP) is 0.810. The van der Waals surface area contributed by atoms with Crippen LogP contribution in [0, 0.1) is 5.92 Å². The van der Waals surface area contributed by atoms with Crippen LogP contribution in [-0.2, 0) is 4.79 Å². The molecule has 2 unspecified atom stereocenters. The molecule has 2 aliphatic heterocycles. The number of hydrogen-bond donors (Lipinski definition) is 1. The molecule has 1 aliphatic carbocycles. The van der Waals surface area contributed by atoms with Crippen molar-refractivity contribution in [3.8, 4) is 0 Å². The molecule has 0 aromatic heterocycles. The molecular formula is C14H25N3O. The Balaban J connectivity index is 1.55. The first-order valence-electron chi connectivity index (χ1n) is 7.51. The van der Waals surface area contributed by atoms with Crippen LogP contribution in [0.3, 0.4) is 0 Å². The van der Waals surface area contributed by atoms with E-state index in [1.165, 1.54) is 38.8 Å². The third-order valence-corrected chi connectivity index (χ3v) is 4.79. The third-order valence-electron chi connectivity index (χ3n) is 4.79. The molecule has 3 rings (SSSR count). The van der Waals surface area contributed by atoms with Crippen molar-refractivity contribution < 1.29 is 4.79 Å². The number of fused-ring (bicyclic) bond motifs is 1. The SMILES string of the molecule is NC(CC(=O)N1CCCN2CCCC2C1)C1CC1. The van der Waals surface area contributed by atoms with Gasteiger partial charge in [0.2, 0.25) is 5.91 Å². The quantitative estimate of drug-likeness (QED) is 0.807. The molecule has 1 amide bonds. The Morgan fingerprint density at radius 3 is 2.72 bits per heavy atom. The lowest BCUT2D eigenvalue weighted by molar-refractivity contribution is -0.131. The highest BCUT2D eigenvalue weighted by molar-refractivity contribution is 5.77. The molecule has 3 fully saturated rings. The average molecular weight is 251 g/mol. The van der Waals surface area contributed by atoms with E-state index in [1.54, 1.807) is 0 Å². The van der Waals surface area contributed by atoms with Crippen molar-refractivity contribution in [2.24, 2.45) is 11.7 Å². The van der Waals surface area contributed by atoms with Crippen LogP contribution >= 0.6 is 0 Å². The van der Waals surface area contributed by atoms with Gasteiger partial charge in [-0.05, 0) is 44.6 Å². The topological polar surface area (TPSA) is 49.6 Å². The second-order valence-electron chi connectivity index (χ2n) is 6.23. The number of hydrogen-bond acceptors (Lipinski definition) is 3. The summed E-state index contributed by atoms with van der Waals surface area (Å²) in [4.78, 5) is 17.0. The zero-order chi connectivity index (χ0) is 12.5. The number of nitrogens with two attached hydrogens (primary N) is 1. The van der Waals surface area contributed by atoms with Gasteiger partial charge in [0.25, 0.3) is 0 Å². The Hall–Kier alpha value is -0.610. The molecular weight excluding hydrogens is 226 g/mol. The van der Waals surface area contributed by atoms with E-state index in [0.717, 1.165) is 19.5 Å². The molecule has 0 aromatic carbocycles. The largest absolute Gasteiger partial charge is 0.341 e. The van der Waals surface area contributed by atoms with Crippen LogP contribution in [0.4, 0.5) is 0 Å². The van der Waals surface area contributed by atoms with Crippen molar-refractivity contribution in [3.05, 3.63) is 0 Å². The highest BCUT2D eigenvalue weighted by Crippen LogP contribution is 2.33. The summed E-state index contributed by atoms with van der Waals surface area (Å²) in [6, 6.07) is 0.731. The van der Waals surface area contributed by atoms with Crippen molar-refractivity contribution in [2.75, 3.05) is 26.2 Å². The maximum absolute atomic E-state index is 12.3. The molecule has 4 heteroatoms. The van der Waals surface area contributed by atoms with Crippen LogP contribution in [-0.4, -0.2) is 54.0 Å². The second-order valence-corrected chi connectivity index (χ2v) is 6.23. The lowest BCUT2D eigenvalue weighted by atomic mass is 10.1. The van der Waals surface area contributed by atoms with Gasteiger partial charge in [0.05, 0.1) is 0 Å². The molecule has 2 N–H and O–H groups in total. The molecule has 0 spiro atoms. The van der Waals surface area contributed by atoms with Gasteiger partial charge in [0, 0.05) is 38.1 Å². The summed E-state index contributed by atoms with van der Waals surface area (Å²) in [6.45, 7) is 4.27. The maximum Gasteiger partial charge on any atom is 0.224 e. The van der Waals surface area contributed by atoms with Gasteiger partial charge in [0.15, 0.2) is 0 Å². The molecule has 0 bridgehead atoms. The minimum absolute atomic E-state index is 0.112. The van der Waals surface area contributed by atoms with E-state index < -0.39 is 0 Å². The van der Waals surface area contributed by atoms with E-state index in [2.05, 4.69) is 9.80 Å². The van der Waals surface area contributed by atoms with E-state index in [1.807, 2.05) is 0 Å². The predicted molar refractivity (Wildman–Crippen MR) is 71.1 cm³/mol. The summed E-state index contributed by atoms with van der Waals surface area (Å²) in [5.41, 5.74) is 6.07. The monoisotopic (exact) mass is 251 g/mol. The Labute approximate surface area is 109 Å². The molecule has 102 valence electrons. The van der Waals surface area contributed by atoms with Crippen molar-refractivity contribution in [3.63, 3.8) is 0 Å². The summed E-state index contributed by atoms with van der Waals surface area (Å²) in [5, 5.41) is 0. The normalized spacial score (nSPS) is 30.9.